The molecule has 0 radical (unpaired) electrons. The van der Waals surface area contributed by atoms with Crippen molar-refractivity contribution in [3.8, 4) is 0 Å². The summed E-state index contributed by atoms with van der Waals surface area (Å²) in [6.45, 7) is 7.86. The standard InChI is InChI=1S/C18H27N5O2S/c1-12(2)15(24)22(6)11-14-20-13(10-21(14)5)18(3,4)16(25)23(7)17-19-8-9-26-17/h8-10,12H,11H2,1-7H3. The van der Waals surface area contributed by atoms with E-state index in [0.29, 0.717) is 17.4 Å². The summed E-state index contributed by atoms with van der Waals surface area (Å²) in [7, 11) is 5.37. The number of aryl methyl sites for hydroxylation is 1. The molecular weight excluding hydrogens is 350 g/mol. The van der Waals surface area contributed by atoms with Crippen LogP contribution >= 0.6 is 11.3 Å². The molecule has 0 aliphatic heterocycles. The summed E-state index contributed by atoms with van der Waals surface area (Å²) in [4.78, 5) is 37.2. The van der Waals surface area contributed by atoms with Crippen LogP contribution < -0.4 is 4.90 Å². The summed E-state index contributed by atoms with van der Waals surface area (Å²) in [6.07, 6.45) is 3.54. The fourth-order valence-electron chi connectivity index (χ4n) is 2.68. The monoisotopic (exact) mass is 377 g/mol. The molecule has 0 aliphatic rings. The van der Waals surface area contributed by atoms with Gasteiger partial charge in [0, 0.05) is 44.8 Å². The van der Waals surface area contributed by atoms with Crippen molar-refractivity contribution in [3.63, 3.8) is 0 Å². The highest BCUT2D eigenvalue weighted by Gasteiger charge is 2.36. The molecule has 0 saturated heterocycles. The summed E-state index contributed by atoms with van der Waals surface area (Å²) in [5, 5.41) is 2.49. The summed E-state index contributed by atoms with van der Waals surface area (Å²) in [5.74, 6) is 0.663. The van der Waals surface area contributed by atoms with Crippen molar-refractivity contribution >= 4 is 28.3 Å². The Hall–Kier alpha value is -2.22. The van der Waals surface area contributed by atoms with Crippen LogP contribution in [0.25, 0.3) is 0 Å². The zero-order valence-electron chi connectivity index (χ0n) is 16.5. The molecule has 0 aliphatic carbocycles. The van der Waals surface area contributed by atoms with Gasteiger partial charge in [0.25, 0.3) is 0 Å². The molecule has 2 aromatic heterocycles. The van der Waals surface area contributed by atoms with Crippen molar-refractivity contribution in [2.45, 2.75) is 39.7 Å². The number of thiazole rings is 1. The molecule has 7 nitrogen and oxygen atoms in total. The maximum Gasteiger partial charge on any atom is 0.240 e. The fraction of sp³-hybridized carbons (Fsp3) is 0.556. The third-order valence-corrected chi connectivity index (χ3v) is 5.26. The Bertz CT molecular complexity index is 780. The lowest BCUT2D eigenvalue weighted by Crippen LogP contribution is -2.41. The van der Waals surface area contributed by atoms with Gasteiger partial charge in [0.2, 0.25) is 11.8 Å². The Kier molecular flexibility index (Phi) is 5.85. The van der Waals surface area contributed by atoms with E-state index < -0.39 is 5.41 Å². The van der Waals surface area contributed by atoms with Gasteiger partial charge in [-0.3, -0.25) is 14.5 Å². The van der Waals surface area contributed by atoms with Crippen LogP contribution in [0.3, 0.4) is 0 Å². The number of aromatic nitrogens is 3. The average molecular weight is 378 g/mol. The largest absolute Gasteiger partial charge is 0.338 e. The first-order valence-corrected chi connectivity index (χ1v) is 9.39. The molecule has 0 aromatic carbocycles. The third-order valence-electron chi connectivity index (χ3n) is 4.41. The number of nitrogens with zero attached hydrogens (tertiary/aromatic N) is 5. The molecule has 2 amide bonds. The molecule has 0 saturated carbocycles. The van der Waals surface area contributed by atoms with Gasteiger partial charge in [-0.25, -0.2) is 9.97 Å². The Morgan fingerprint density at radius 3 is 2.50 bits per heavy atom. The van der Waals surface area contributed by atoms with Crippen molar-refractivity contribution in [1.82, 2.24) is 19.4 Å². The topological polar surface area (TPSA) is 71.3 Å². The molecule has 26 heavy (non-hydrogen) atoms. The second kappa shape index (κ2) is 7.57. The average Bonchev–Trinajstić information content (AvgIpc) is 3.23. The number of imidazole rings is 1. The van der Waals surface area contributed by atoms with E-state index in [4.69, 9.17) is 0 Å². The van der Waals surface area contributed by atoms with Gasteiger partial charge < -0.3 is 9.47 Å². The van der Waals surface area contributed by atoms with Gasteiger partial charge in [-0.15, -0.1) is 11.3 Å². The first kappa shape index (κ1) is 20.1. The van der Waals surface area contributed by atoms with Gasteiger partial charge in [0.1, 0.15) is 5.82 Å². The van der Waals surface area contributed by atoms with E-state index in [2.05, 4.69) is 9.97 Å². The molecular formula is C18H27N5O2S. The second-order valence-corrected chi connectivity index (χ2v) is 8.18. The Morgan fingerprint density at radius 2 is 1.96 bits per heavy atom. The number of hydrogen-bond donors (Lipinski definition) is 0. The molecule has 0 spiro atoms. The van der Waals surface area contributed by atoms with Crippen molar-refractivity contribution in [1.29, 1.82) is 0 Å². The van der Waals surface area contributed by atoms with Crippen LogP contribution in [0.15, 0.2) is 17.8 Å². The van der Waals surface area contributed by atoms with Crippen LogP contribution in [0.1, 0.15) is 39.2 Å². The van der Waals surface area contributed by atoms with Crippen molar-refractivity contribution in [3.05, 3.63) is 29.3 Å². The number of carbonyl (C=O) groups excluding carboxylic acids is 2. The van der Waals surface area contributed by atoms with E-state index in [9.17, 15) is 9.59 Å². The van der Waals surface area contributed by atoms with Crippen LogP contribution in [0.4, 0.5) is 5.13 Å². The molecule has 2 aromatic rings. The van der Waals surface area contributed by atoms with Gasteiger partial charge in [-0.2, -0.15) is 0 Å². The predicted molar refractivity (Wildman–Crippen MR) is 103 cm³/mol. The highest BCUT2D eigenvalue weighted by atomic mass is 32.1. The predicted octanol–water partition coefficient (Wildman–Crippen LogP) is 2.43. The van der Waals surface area contributed by atoms with E-state index in [-0.39, 0.29) is 17.7 Å². The van der Waals surface area contributed by atoms with E-state index in [1.807, 2.05) is 50.9 Å². The summed E-state index contributed by atoms with van der Waals surface area (Å²) in [5.41, 5.74) is -0.134. The highest BCUT2D eigenvalue weighted by molar-refractivity contribution is 7.13. The lowest BCUT2D eigenvalue weighted by Gasteiger charge is -2.26. The first-order valence-electron chi connectivity index (χ1n) is 8.51. The molecule has 8 heteroatoms. The molecule has 0 unspecified atom stereocenters. The Morgan fingerprint density at radius 1 is 1.31 bits per heavy atom. The van der Waals surface area contributed by atoms with Crippen LogP contribution in [-0.4, -0.2) is 45.3 Å². The molecule has 2 rings (SSSR count). The smallest absolute Gasteiger partial charge is 0.240 e. The minimum Gasteiger partial charge on any atom is -0.338 e. The number of likely N-dealkylation sites (N-methyl/N-ethyl adjacent to an activating group) is 1. The number of anilines is 1. The lowest BCUT2D eigenvalue weighted by atomic mass is 9.88. The third kappa shape index (κ3) is 3.95. The molecule has 0 fully saturated rings. The van der Waals surface area contributed by atoms with Crippen molar-refractivity contribution in [2.75, 3.05) is 19.0 Å². The molecule has 0 atom stereocenters. The highest BCUT2D eigenvalue weighted by Crippen LogP contribution is 2.28. The summed E-state index contributed by atoms with van der Waals surface area (Å²) in [6, 6.07) is 0. The van der Waals surface area contributed by atoms with Gasteiger partial charge in [0.05, 0.1) is 17.7 Å². The lowest BCUT2D eigenvalue weighted by molar-refractivity contribution is -0.133. The van der Waals surface area contributed by atoms with Crippen LogP contribution in [0, 0.1) is 5.92 Å². The van der Waals surface area contributed by atoms with E-state index in [1.165, 1.54) is 11.3 Å². The number of rotatable bonds is 6. The van der Waals surface area contributed by atoms with Crippen LogP contribution in [-0.2, 0) is 28.6 Å². The van der Waals surface area contributed by atoms with E-state index in [1.54, 1.807) is 30.1 Å². The Balaban J connectivity index is 2.23. The SMILES string of the molecule is CC(C)C(=O)N(C)Cc1nc(C(C)(C)C(=O)N(C)c2nccs2)cn1C. The number of amides is 2. The first-order chi connectivity index (χ1) is 12.1. The maximum atomic E-state index is 13.0. The summed E-state index contributed by atoms with van der Waals surface area (Å²) >= 11 is 1.42. The van der Waals surface area contributed by atoms with E-state index >= 15 is 0 Å². The normalized spacial score (nSPS) is 11.7. The van der Waals surface area contributed by atoms with Crippen LogP contribution in [0.2, 0.25) is 0 Å². The molecule has 2 heterocycles. The zero-order chi connectivity index (χ0) is 19.6. The molecule has 142 valence electrons. The minimum atomic E-state index is -0.808. The van der Waals surface area contributed by atoms with Gasteiger partial charge in [-0.05, 0) is 13.8 Å². The van der Waals surface area contributed by atoms with E-state index in [0.717, 1.165) is 5.82 Å². The van der Waals surface area contributed by atoms with Gasteiger partial charge in [-0.1, -0.05) is 13.8 Å². The van der Waals surface area contributed by atoms with Crippen LogP contribution in [0.5, 0.6) is 0 Å². The quantitative estimate of drug-likeness (QED) is 0.775. The Labute approximate surface area is 158 Å². The summed E-state index contributed by atoms with van der Waals surface area (Å²) < 4.78 is 1.87. The van der Waals surface area contributed by atoms with Gasteiger partial charge >= 0.3 is 0 Å². The molecule has 0 bridgehead atoms. The zero-order valence-corrected chi connectivity index (χ0v) is 17.3. The van der Waals surface area contributed by atoms with Gasteiger partial charge in [0.15, 0.2) is 5.13 Å². The van der Waals surface area contributed by atoms with Crippen molar-refractivity contribution in [2.24, 2.45) is 13.0 Å². The van der Waals surface area contributed by atoms with Crippen molar-refractivity contribution < 1.29 is 9.59 Å². The minimum absolute atomic E-state index is 0.0633. The molecule has 0 N–H and O–H groups in total. The number of carbonyl (C=O) groups is 2. The second-order valence-electron chi connectivity index (χ2n) is 7.31. The maximum absolute atomic E-state index is 13.0. The fourth-order valence-corrected chi connectivity index (χ4v) is 3.29. The number of hydrogen-bond acceptors (Lipinski definition) is 5.